The number of allylic oxidation sites excluding steroid dienone is 1. The maximum absolute atomic E-state index is 13.8. The summed E-state index contributed by atoms with van der Waals surface area (Å²) in [5.41, 5.74) is 2.04. The first-order chi connectivity index (χ1) is 19.7. The fourth-order valence-corrected chi connectivity index (χ4v) is 5.85. The smallest absolute Gasteiger partial charge is 0.338 e. The Hall–Kier alpha value is -3.73. The van der Waals surface area contributed by atoms with Gasteiger partial charge in [0.15, 0.2) is 11.4 Å². The van der Waals surface area contributed by atoms with Crippen molar-refractivity contribution in [2.75, 3.05) is 32.9 Å². The van der Waals surface area contributed by atoms with E-state index in [2.05, 4.69) is 4.99 Å². The lowest BCUT2D eigenvalue weighted by Gasteiger charge is -2.26. The molecule has 2 aromatic carbocycles. The lowest BCUT2D eigenvalue weighted by Crippen LogP contribution is -2.42. The molecule has 3 aromatic rings. The number of amides is 1. The Bertz CT molecular complexity index is 1650. The van der Waals surface area contributed by atoms with Gasteiger partial charge in [-0.3, -0.25) is 14.2 Å². The third-order valence-electron chi connectivity index (χ3n) is 6.67. The second-order valence-corrected chi connectivity index (χ2v) is 11.4. The molecule has 0 saturated carbocycles. The van der Waals surface area contributed by atoms with E-state index in [9.17, 15) is 14.4 Å². The minimum absolute atomic E-state index is 0.0520. The molecule has 5 rings (SSSR count). The van der Waals surface area contributed by atoms with Gasteiger partial charge in [0.05, 0.1) is 41.2 Å². The summed E-state index contributed by atoms with van der Waals surface area (Å²) in [6, 6.07) is 13.5. The maximum atomic E-state index is 13.8. The van der Waals surface area contributed by atoms with Gasteiger partial charge < -0.3 is 19.1 Å². The second-order valence-electron chi connectivity index (χ2n) is 9.94. The van der Waals surface area contributed by atoms with Gasteiger partial charge >= 0.3 is 5.97 Å². The van der Waals surface area contributed by atoms with E-state index in [1.807, 2.05) is 12.1 Å². The zero-order valence-corrected chi connectivity index (χ0v) is 24.5. The van der Waals surface area contributed by atoms with Crippen LogP contribution in [0.5, 0.6) is 5.75 Å². The summed E-state index contributed by atoms with van der Waals surface area (Å²) in [5.74, 6) is -0.0456. The lowest BCUT2D eigenvalue weighted by atomic mass is 9.96. The Morgan fingerprint density at radius 3 is 2.46 bits per heavy atom. The van der Waals surface area contributed by atoms with E-state index in [0.717, 1.165) is 11.1 Å². The van der Waals surface area contributed by atoms with E-state index in [1.165, 1.54) is 11.3 Å². The molecule has 0 spiro atoms. The van der Waals surface area contributed by atoms with E-state index in [4.69, 9.17) is 25.8 Å². The zero-order valence-electron chi connectivity index (χ0n) is 23.0. The first-order valence-electron chi connectivity index (χ1n) is 13.3. The molecule has 1 fully saturated rings. The van der Waals surface area contributed by atoms with Gasteiger partial charge in [-0.15, -0.1) is 0 Å². The molecule has 9 nitrogen and oxygen atoms in total. The summed E-state index contributed by atoms with van der Waals surface area (Å²) in [6.45, 7) is 7.46. The number of aromatic nitrogens is 1. The molecule has 0 radical (unpaired) electrons. The van der Waals surface area contributed by atoms with Crippen molar-refractivity contribution in [1.29, 1.82) is 0 Å². The van der Waals surface area contributed by atoms with Crippen LogP contribution in [0.15, 0.2) is 69.6 Å². The van der Waals surface area contributed by atoms with Crippen molar-refractivity contribution in [1.82, 2.24) is 9.47 Å². The SMILES string of the molecule is CC1=C(C(=O)OC(C)C)[C@@H](c2ccc(Cl)cc2)n2c(s/c(=C/c3ccc(OCC(=O)N4CCOCC4)cc3)c2=O)=N1. The molecule has 0 unspecified atom stereocenters. The van der Waals surface area contributed by atoms with Gasteiger partial charge in [-0.1, -0.05) is 47.2 Å². The highest BCUT2D eigenvalue weighted by Crippen LogP contribution is 2.31. The van der Waals surface area contributed by atoms with Crippen LogP contribution in [-0.2, 0) is 19.1 Å². The minimum atomic E-state index is -0.711. The minimum Gasteiger partial charge on any atom is -0.484 e. The predicted molar refractivity (Wildman–Crippen MR) is 156 cm³/mol. The van der Waals surface area contributed by atoms with Crippen molar-refractivity contribution in [3.05, 3.63) is 95.6 Å². The van der Waals surface area contributed by atoms with Gasteiger partial charge in [-0.25, -0.2) is 9.79 Å². The summed E-state index contributed by atoms with van der Waals surface area (Å²) >= 11 is 7.38. The van der Waals surface area contributed by atoms with E-state index >= 15 is 0 Å². The fraction of sp³-hybridized carbons (Fsp3) is 0.333. The van der Waals surface area contributed by atoms with Crippen molar-refractivity contribution < 1.29 is 23.8 Å². The van der Waals surface area contributed by atoms with Crippen molar-refractivity contribution in [2.45, 2.75) is 32.9 Å². The number of benzene rings is 2. The Morgan fingerprint density at radius 1 is 1.12 bits per heavy atom. The number of esters is 1. The van der Waals surface area contributed by atoms with Crippen LogP contribution >= 0.6 is 22.9 Å². The number of carbonyl (C=O) groups excluding carboxylic acids is 2. The van der Waals surface area contributed by atoms with E-state index in [1.54, 1.807) is 72.7 Å². The summed E-state index contributed by atoms with van der Waals surface area (Å²) < 4.78 is 18.5. The van der Waals surface area contributed by atoms with Crippen LogP contribution in [0.4, 0.5) is 0 Å². The average Bonchev–Trinajstić information content (AvgIpc) is 3.26. The first kappa shape index (κ1) is 28.8. The van der Waals surface area contributed by atoms with Gasteiger partial charge in [0.25, 0.3) is 11.5 Å². The number of fused-ring (bicyclic) bond motifs is 1. The molecule has 0 aliphatic carbocycles. The van der Waals surface area contributed by atoms with Crippen LogP contribution in [0, 0.1) is 0 Å². The zero-order chi connectivity index (χ0) is 29.1. The number of thiazole rings is 1. The Labute approximate surface area is 245 Å². The molecule has 0 N–H and O–H groups in total. The van der Waals surface area contributed by atoms with Crippen molar-refractivity contribution in [3.63, 3.8) is 0 Å². The summed E-state index contributed by atoms with van der Waals surface area (Å²) in [6.07, 6.45) is 1.44. The molecule has 1 atom stereocenters. The molecule has 1 aromatic heterocycles. The quantitative estimate of drug-likeness (QED) is 0.389. The number of halogens is 1. The molecule has 214 valence electrons. The highest BCUT2D eigenvalue weighted by atomic mass is 35.5. The third kappa shape index (κ3) is 6.45. The summed E-state index contributed by atoms with van der Waals surface area (Å²) in [7, 11) is 0. The monoisotopic (exact) mass is 595 g/mol. The Balaban J connectivity index is 1.44. The summed E-state index contributed by atoms with van der Waals surface area (Å²) in [5, 5.41) is 0.547. The average molecular weight is 596 g/mol. The molecular weight excluding hydrogens is 566 g/mol. The second kappa shape index (κ2) is 12.4. The number of rotatable bonds is 7. The Kier molecular flexibility index (Phi) is 8.72. The van der Waals surface area contributed by atoms with Crippen LogP contribution < -0.4 is 19.6 Å². The molecule has 2 aliphatic rings. The van der Waals surface area contributed by atoms with Crippen LogP contribution in [0.3, 0.4) is 0 Å². The van der Waals surface area contributed by atoms with Gasteiger partial charge in [0.1, 0.15) is 5.75 Å². The maximum Gasteiger partial charge on any atom is 0.338 e. The number of nitrogens with zero attached hydrogens (tertiary/aromatic N) is 3. The largest absolute Gasteiger partial charge is 0.484 e. The normalized spacial score (nSPS) is 17.3. The fourth-order valence-electron chi connectivity index (χ4n) is 4.68. The van der Waals surface area contributed by atoms with E-state index in [-0.39, 0.29) is 24.2 Å². The molecular formula is C30H30ClN3O6S. The number of hydrogen-bond acceptors (Lipinski definition) is 8. The molecule has 1 amide bonds. The van der Waals surface area contributed by atoms with Gasteiger partial charge in [-0.05, 0) is 62.2 Å². The van der Waals surface area contributed by atoms with Crippen LogP contribution in [-0.4, -0.2) is 60.4 Å². The van der Waals surface area contributed by atoms with Crippen LogP contribution in [0.2, 0.25) is 5.02 Å². The van der Waals surface area contributed by atoms with Gasteiger partial charge in [0, 0.05) is 18.1 Å². The molecule has 41 heavy (non-hydrogen) atoms. The summed E-state index contributed by atoms with van der Waals surface area (Å²) in [4.78, 5) is 46.1. The van der Waals surface area contributed by atoms with Crippen LogP contribution in [0.1, 0.15) is 37.9 Å². The van der Waals surface area contributed by atoms with E-state index < -0.39 is 12.0 Å². The topological polar surface area (TPSA) is 99.4 Å². The van der Waals surface area contributed by atoms with Crippen molar-refractivity contribution in [2.24, 2.45) is 4.99 Å². The van der Waals surface area contributed by atoms with Gasteiger partial charge in [-0.2, -0.15) is 0 Å². The molecule has 0 bridgehead atoms. The first-order valence-corrected chi connectivity index (χ1v) is 14.5. The molecule has 1 saturated heterocycles. The number of ether oxygens (including phenoxy) is 3. The van der Waals surface area contributed by atoms with Crippen molar-refractivity contribution in [3.8, 4) is 5.75 Å². The molecule has 3 heterocycles. The Morgan fingerprint density at radius 2 is 1.80 bits per heavy atom. The molecule has 2 aliphatic heterocycles. The lowest BCUT2D eigenvalue weighted by molar-refractivity contribution is -0.143. The standard InChI is InChI=1S/C30H30ClN3O6S/c1-18(2)40-29(37)26-19(3)32-30-34(27(26)21-6-8-22(31)9-7-21)28(36)24(41-30)16-20-4-10-23(11-5-20)39-17-25(35)33-12-14-38-15-13-33/h4-11,16,18,27H,12-15,17H2,1-3H3/b24-16+/t27-/m1/s1. The van der Waals surface area contributed by atoms with Crippen LogP contribution in [0.25, 0.3) is 6.08 Å². The predicted octanol–water partition coefficient (Wildman–Crippen LogP) is 3.08. The highest BCUT2D eigenvalue weighted by Gasteiger charge is 2.33. The molecule has 11 heteroatoms. The van der Waals surface area contributed by atoms with Gasteiger partial charge in [0.2, 0.25) is 0 Å². The van der Waals surface area contributed by atoms with Crippen molar-refractivity contribution >= 4 is 40.9 Å². The third-order valence-corrected chi connectivity index (χ3v) is 7.91. The number of hydrogen-bond donors (Lipinski definition) is 0. The number of carbonyl (C=O) groups is 2. The highest BCUT2D eigenvalue weighted by molar-refractivity contribution is 7.07. The van der Waals surface area contributed by atoms with E-state index in [0.29, 0.717) is 57.7 Å². The number of morpholine rings is 1.